The number of anilines is 1. The third kappa shape index (κ3) is 8.77. The number of nitrogens with zero attached hydrogens (tertiary/aromatic N) is 2. The summed E-state index contributed by atoms with van der Waals surface area (Å²) >= 11 is 0. The van der Waals surface area contributed by atoms with Gasteiger partial charge in [0.2, 0.25) is 0 Å². The van der Waals surface area contributed by atoms with Gasteiger partial charge in [-0.15, -0.1) is 0 Å². The first-order valence-corrected chi connectivity index (χ1v) is 11.8. The molecule has 0 bridgehead atoms. The minimum Gasteiger partial charge on any atom is -0.366 e. The van der Waals surface area contributed by atoms with Gasteiger partial charge in [-0.3, -0.25) is 4.98 Å². The topological polar surface area (TPSA) is 16.1 Å². The van der Waals surface area contributed by atoms with E-state index in [0.717, 1.165) is 0 Å². The van der Waals surface area contributed by atoms with Gasteiger partial charge in [-0.1, -0.05) is 0 Å². The molecule has 4 aliphatic carbocycles. The second-order valence-electron chi connectivity index (χ2n) is 8.54. The van der Waals surface area contributed by atoms with E-state index in [2.05, 4.69) is 75.1 Å². The van der Waals surface area contributed by atoms with Crippen molar-refractivity contribution in [2.75, 3.05) is 4.90 Å². The maximum absolute atomic E-state index is 4.55. The predicted octanol–water partition coefficient (Wildman–Crippen LogP) is 6.00. The second kappa shape index (κ2) is 16.8. The maximum atomic E-state index is 4.55. The molecule has 1 aliphatic heterocycles. The van der Waals surface area contributed by atoms with Crippen LogP contribution in [0.15, 0.2) is 12.4 Å². The molecule has 1 aromatic rings. The van der Waals surface area contributed by atoms with E-state index in [0.29, 0.717) is 12.1 Å². The predicted molar refractivity (Wildman–Crippen MR) is 137 cm³/mol. The van der Waals surface area contributed by atoms with Crippen molar-refractivity contribution in [3.63, 3.8) is 0 Å². The van der Waals surface area contributed by atoms with Crippen molar-refractivity contribution in [3.05, 3.63) is 151 Å². The molecular weight excluding hydrogens is 512 g/mol. The van der Waals surface area contributed by atoms with Crippen molar-refractivity contribution < 1.29 is 34.1 Å². The van der Waals surface area contributed by atoms with Gasteiger partial charge in [-0.05, 0) is 142 Å². The molecule has 0 spiro atoms. The molecule has 2 heterocycles. The van der Waals surface area contributed by atoms with E-state index in [1.165, 1.54) is 41.5 Å². The Hall–Kier alpha value is -0.0110. The fourth-order valence-electron chi connectivity index (χ4n) is 4.54. The van der Waals surface area contributed by atoms with Crippen LogP contribution >= 0.6 is 0 Å². The van der Waals surface area contributed by atoms with Gasteiger partial charge in [0.05, 0.1) is 0 Å². The first-order chi connectivity index (χ1) is 16.3. The summed E-state index contributed by atoms with van der Waals surface area (Å²) in [4.78, 5) is 7.16. The van der Waals surface area contributed by atoms with Crippen molar-refractivity contribution in [1.82, 2.24) is 4.98 Å². The van der Waals surface area contributed by atoms with Crippen LogP contribution in [0.3, 0.4) is 0 Å². The summed E-state index contributed by atoms with van der Waals surface area (Å²) in [5, 5.41) is 0. The Morgan fingerprint density at radius 3 is 1.17 bits per heavy atom. The average Bonchev–Trinajstić information content (AvgIpc) is 3.65. The summed E-state index contributed by atoms with van der Waals surface area (Å²) in [5.41, 5.74) is 3.83. The molecule has 4 saturated carbocycles. The molecule has 2 nitrogen and oxygen atoms in total. The van der Waals surface area contributed by atoms with Gasteiger partial charge >= 0.3 is 34.1 Å². The quantitative estimate of drug-likeness (QED) is 0.434. The van der Waals surface area contributed by atoms with E-state index in [1.54, 1.807) is 0 Å². The van der Waals surface area contributed by atoms with Crippen LogP contribution in [0.1, 0.15) is 37.8 Å². The van der Waals surface area contributed by atoms with Gasteiger partial charge in [0.25, 0.3) is 0 Å². The van der Waals surface area contributed by atoms with Crippen LogP contribution in [-0.2, 0) is 34.1 Å². The zero-order chi connectivity index (χ0) is 22.9. The molecule has 4 heteroatoms. The van der Waals surface area contributed by atoms with Crippen LogP contribution in [-0.4, -0.2) is 17.1 Å². The first kappa shape index (κ1) is 31.2. The summed E-state index contributed by atoms with van der Waals surface area (Å²) in [7, 11) is 0. The Bertz CT molecular complexity index is 620. The van der Waals surface area contributed by atoms with Crippen LogP contribution in [0.2, 0.25) is 0 Å². The van der Waals surface area contributed by atoms with Crippen molar-refractivity contribution in [1.29, 1.82) is 0 Å². The molecule has 178 valence electrons. The molecular formula is C31H32Fe2N2+4. The molecule has 5 aliphatic rings. The summed E-state index contributed by atoms with van der Waals surface area (Å²) < 4.78 is 0. The monoisotopic (exact) mass is 544 g/mol. The molecule has 5 fully saturated rings. The summed E-state index contributed by atoms with van der Waals surface area (Å²) in [6.45, 7) is 4.68. The number of hydrogen-bond acceptors (Lipinski definition) is 2. The fraction of sp³-hybridized carbons (Fsp3) is 0.194. The Morgan fingerprint density at radius 2 is 0.857 bits per heavy atom. The molecule has 0 unspecified atom stereocenters. The summed E-state index contributed by atoms with van der Waals surface area (Å²) in [5.74, 6) is 2.51. The largest absolute Gasteiger partial charge is 2.00 e. The molecule has 0 aromatic carbocycles. The fourth-order valence-corrected chi connectivity index (χ4v) is 4.54. The van der Waals surface area contributed by atoms with Gasteiger partial charge in [0.15, 0.2) is 0 Å². The van der Waals surface area contributed by atoms with Gasteiger partial charge in [-0.2, -0.15) is 0 Å². The van der Waals surface area contributed by atoms with E-state index in [-0.39, 0.29) is 34.1 Å². The Balaban J connectivity index is 0.000000300. The molecule has 1 aromatic heterocycles. The molecule has 1 saturated heterocycles. The van der Waals surface area contributed by atoms with Crippen molar-refractivity contribution >= 4 is 5.69 Å². The zero-order valence-electron chi connectivity index (χ0n) is 20.2. The van der Waals surface area contributed by atoms with Crippen LogP contribution < -0.4 is 4.90 Å². The van der Waals surface area contributed by atoms with E-state index >= 15 is 0 Å². The van der Waals surface area contributed by atoms with E-state index in [1.807, 2.05) is 76.6 Å². The third-order valence-corrected chi connectivity index (χ3v) is 6.19. The van der Waals surface area contributed by atoms with Crippen LogP contribution in [0.5, 0.6) is 0 Å². The molecule has 2 atom stereocenters. The number of rotatable bonds is 3. The van der Waals surface area contributed by atoms with Crippen LogP contribution in [0.4, 0.5) is 5.69 Å². The summed E-state index contributed by atoms with van der Waals surface area (Å²) in [6, 6.07) is 1.13. The van der Waals surface area contributed by atoms with Crippen LogP contribution in [0, 0.1) is 127 Å². The second-order valence-corrected chi connectivity index (χ2v) is 8.54. The molecule has 0 N–H and O–H groups in total. The van der Waals surface area contributed by atoms with E-state index < -0.39 is 0 Å². The van der Waals surface area contributed by atoms with Crippen molar-refractivity contribution in [3.8, 4) is 0 Å². The first-order valence-electron chi connectivity index (χ1n) is 11.8. The minimum atomic E-state index is 0. The van der Waals surface area contributed by atoms with E-state index in [4.69, 9.17) is 0 Å². The number of hydrogen-bond donors (Lipinski definition) is 0. The number of aromatic nitrogens is 1. The third-order valence-electron chi connectivity index (χ3n) is 6.19. The molecule has 35 heavy (non-hydrogen) atoms. The normalized spacial score (nSPS) is 26.4. The van der Waals surface area contributed by atoms with E-state index in [9.17, 15) is 0 Å². The maximum Gasteiger partial charge on any atom is 2.00 e. The van der Waals surface area contributed by atoms with Gasteiger partial charge in [-0.25, -0.2) is 0 Å². The van der Waals surface area contributed by atoms with Crippen molar-refractivity contribution in [2.24, 2.45) is 0 Å². The Morgan fingerprint density at radius 1 is 0.543 bits per heavy atom. The minimum absolute atomic E-state index is 0. The van der Waals surface area contributed by atoms with Gasteiger partial charge < -0.3 is 4.90 Å². The average molecular weight is 544 g/mol. The Labute approximate surface area is 238 Å². The molecule has 0 amide bonds. The van der Waals surface area contributed by atoms with Crippen LogP contribution in [0.25, 0.3) is 0 Å². The zero-order valence-corrected chi connectivity index (χ0v) is 22.4. The van der Waals surface area contributed by atoms with Gasteiger partial charge in [0.1, 0.15) is 0 Å². The SMILES string of the molecule is C[C@@H]1CC[C@@H](C)N1c1c([C]2[CH][CH][CH][CH]2)cncc1[C]1[CH][CH][CH][CH]1.[CH]1[CH][CH][CH][CH]1.[CH]1[CH][CH][CH][CH]1.[Fe+2].[Fe+2]. The standard InChI is InChI=1S/C21H22N2.2C5H5.2Fe/c1-15-11-12-16(2)23(15)21-19(17-7-3-4-8-17)13-22-14-20(21)18-9-5-6-10-18;2*1-2-4-5-3-1;;/h3-10,13-16H,11-12H2,1-2H3;2*1-5H;;/q;;;2*+2/t15-,16-;;;;/m1..../s1. The van der Waals surface area contributed by atoms with Crippen molar-refractivity contribution in [2.45, 2.75) is 38.8 Å². The Kier molecular flexibility index (Phi) is 14.9. The molecule has 20 radical (unpaired) electrons. The summed E-state index contributed by atoms with van der Waals surface area (Å²) in [6.07, 6.45) is 43.7. The molecule has 6 rings (SSSR count). The smallest absolute Gasteiger partial charge is 0.366 e. The van der Waals surface area contributed by atoms with Gasteiger partial charge in [0, 0.05) is 53.1 Å². The number of pyridine rings is 1.